The zero-order chi connectivity index (χ0) is 19.7. The van der Waals surface area contributed by atoms with Gasteiger partial charge in [0.15, 0.2) is 5.65 Å². The van der Waals surface area contributed by atoms with Gasteiger partial charge in [-0.1, -0.05) is 29.8 Å². The van der Waals surface area contributed by atoms with Crippen molar-refractivity contribution in [2.24, 2.45) is 0 Å². The molecule has 0 radical (unpaired) electrons. The first-order chi connectivity index (χ1) is 13.5. The first-order valence-electron chi connectivity index (χ1n) is 8.87. The number of hydrogen-bond acceptors (Lipinski definition) is 4. The van der Waals surface area contributed by atoms with Gasteiger partial charge in [0.2, 0.25) is 0 Å². The monoisotopic (exact) mass is 410 g/mol. The number of fused-ring (bicyclic) bond motifs is 1. The summed E-state index contributed by atoms with van der Waals surface area (Å²) in [6, 6.07) is 13.5. The molecule has 0 atom stereocenters. The summed E-state index contributed by atoms with van der Waals surface area (Å²) in [6.45, 7) is 3.02. The van der Waals surface area contributed by atoms with Crippen LogP contribution in [0.5, 0.6) is 0 Å². The van der Waals surface area contributed by atoms with Crippen molar-refractivity contribution in [1.29, 1.82) is 0 Å². The second-order valence-electron chi connectivity index (χ2n) is 6.72. The number of aromatic nitrogens is 3. The number of halogens is 1. The summed E-state index contributed by atoms with van der Waals surface area (Å²) in [5.41, 5.74) is 3.12. The molecule has 0 bridgehead atoms. The van der Waals surface area contributed by atoms with Crippen LogP contribution >= 0.6 is 22.9 Å². The topological polar surface area (TPSA) is 51.0 Å². The van der Waals surface area contributed by atoms with E-state index in [2.05, 4.69) is 16.1 Å². The SMILES string of the molecule is Cc1cc(C(=O)N(C)Cc2cccc(Cl)c2)c2cnn(Cc3cccs3)c2n1. The zero-order valence-corrected chi connectivity index (χ0v) is 17.2. The molecule has 0 N–H and O–H groups in total. The number of carbonyl (C=O) groups excluding carboxylic acids is 1. The Morgan fingerprint density at radius 3 is 2.86 bits per heavy atom. The minimum absolute atomic E-state index is 0.0638. The van der Waals surface area contributed by atoms with Crippen molar-refractivity contribution in [2.75, 3.05) is 7.05 Å². The average molecular weight is 411 g/mol. The number of aryl methyl sites for hydroxylation is 1. The lowest BCUT2D eigenvalue weighted by molar-refractivity contribution is 0.0787. The van der Waals surface area contributed by atoms with Gasteiger partial charge in [0.1, 0.15) is 0 Å². The van der Waals surface area contributed by atoms with Crippen molar-refractivity contribution in [2.45, 2.75) is 20.0 Å². The van der Waals surface area contributed by atoms with Crippen LogP contribution in [-0.4, -0.2) is 32.6 Å². The van der Waals surface area contributed by atoms with Gasteiger partial charge >= 0.3 is 0 Å². The van der Waals surface area contributed by atoms with Crippen LogP contribution in [0, 0.1) is 6.92 Å². The molecule has 5 nitrogen and oxygen atoms in total. The molecule has 0 aliphatic carbocycles. The van der Waals surface area contributed by atoms with E-state index in [1.165, 1.54) is 4.88 Å². The van der Waals surface area contributed by atoms with Crippen LogP contribution < -0.4 is 0 Å². The first kappa shape index (κ1) is 18.7. The van der Waals surface area contributed by atoms with E-state index < -0.39 is 0 Å². The fourth-order valence-electron chi connectivity index (χ4n) is 3.20. The fourth-order valence-corrected chi connectivity index (χ4v) is 4.10. The summed E-state index contributed by atoms with van der Waals surface area (Å²) in [6.07, 6.45) is 1.73. The summed E-state index contributed by atoms with van der Waals surface area (Å²) in [5, 5.41) is 7.95. The minimum Gasteiger partial charge on any atom is -0.337 e. The van der Waals surface area contributed by atoms with Crippen LogP contribution in [0.2, 0.25) is 5.02 Å². The van der Waals surface area contributed by atoms with Gasteiger partial charge in [0.25, 0.3) is 5.91 Å². The third kappa shape index (κ3) is 3.79. The van der Waals surface area contributed by atoms with Crippen molar-refractivity contribution in [1.82, 2.24) is 19.7 Å². The van der Waals surface area contributed by atoms with Crippen molar-refractivity contribution in [3.05, 3.63) is 80.8 Å². The van der Waals surface area contributed by atoms with E-state index in [9.17, 15) is 4.79 Å². The number of amides is 1. The molecular formula is C21H19ClN4OS. The van der Waals surface area contributed by atoms with Gasteiger partial charge in [-0.05, 0) is 42.1 Å². The predicted octanol–water partition coefficient (Wildman–Crippen LogP) is 4.78. The third-order valence-electron chi connectivity index (χ3n) is 4.51. The molecule has 3 heterocycles. The number of pyridine rings is 1. The van der Waals surface area contributed by atoms with Crippen molar-refractivity contribution >= 4 is 39.9 Å². The number of hydrogen-bond donors (Lipinski definition) is 0. The molecule has 0 spiro atoms. The highest BCUT2D eigenvalue weighted by atomic mass is 35.5. The molecule has 1 aromatic carbocycles. The molecule has 1 amide bonds. The van der Waals surface area contributed by atoms with E-state index in [1.54, 1.807) is 29.5 Å². The van der Waals surface area contributed by atoms with E-state index in [-0.39, 0.29) is 5.91 Å². The quantitative estimate of drug-likeness (QED) is 0.476. The molecule has 4 rings (SSSR count). The van der Waals surface area contributed by atoms with E-state index in [4.69, 9.17) is 11.6 Å². The molecule has 0 fully saturated rings. The Kier molecular flexibility index (Phi) is 5.15. The van der Waals surface area contributed by atoms with E-state index in [0.29, 0.717) is 23.7 Å². The maximum Gasteiger partial charge on any atom is 0.254 e. The maximum absolute atomic E-state index is 13.2. The summed E-state index contributed by atoms with van der Waals surface area (Å²) in [5.74, 6) is -0.0638. The van der Waals surface area contributed by atoms with E-state index >= 15 is 0 Å². The molecule has 4 aromatic rings. The highest BCUT2D eigenvalue weighted by Gasteiger charge is 2.19. The summed E-state index contributed by atoms with van der Waals surface area (Å²) in [7, 11) is 1.79. The molecule has 28 heavy (non-hydrogen) atoms. The molecule has 0 saturated heterocycles. The third-order valence-corrected chi connectivity index (χ3v) is 5.61. The first-order valence-corrected chi connectivity index (χ1v) is 10.1. The van der Waals surface area contributed by atoms with Gasteiger partial charge in [-0.25, -0.2) is 9.67 Å². The number of thiophene rings is 1. The Morgan fingerprint density at radius 1 is 1.25 bits per heavy atom. The van der Waals surface area contributed by atoms with Gasteiger partial charge in [0, 0.05) is 29.2 Å². The molecule has 7 heteroatoms. The van der Waals surface area contributed by atoms with Gasteiger partial charge in [0.05, 0.1) is 23.7 Å². The smallest absolute Gasteiger partial charge is 0.254 e. The summed E-state index contributed by atoms with van der Waals surface area (Å²) in [4.78, 5) is 20.7. The molecule has 3 aromatic heterocycles. The van der Waals surface area contributed by atoms with Crippen LogP contribution in [0.25, 0.3) is 11.0 Å². The normalized spacial score (nSPS) is 11.1. The average Bonchev–Trinajstić information content (AvgIpc) is 3.31. The van der Waals surface area contributed by atoms with Crippen LogP contribution in [0.4, 0.5) is 0 Å². The van der Waals surface area contributed by atoms with Crippen LogP contribution in [0.15, 0.2) is 54.0 Å². The van der Waals surface area contributed by atoms with Crippen molar-refractivity contribution in [3.8, 4) is 0 Å². The lowest BCUT2D eigenvalue weighted by atomic mass is 10.1. The standard InChI is InChI=1S/C21H19ClN4OS/c1-14-9-18(21(27)25(2)12-15-5-3-6-16(22)10-15)19-11-23-26(20(19)24-14)13-17-7-4-8-28-17/h3-11H,12-13H2,1-2H3. The Labute approximate surface area is 172 Å². The molecule has 0 saturated carbocycles. The van der Waals surface area contributed by atoms with Crippen molar-refractivity contribution < 1.29 is 4.79 Å². The van der Waals surface area contributed by atoms with Gasteiger partial charge in [-0.2, -0.15) is 5.10 Å². The zero-order valence-electron chi connectivity index (χ0n) is 15.6. The van der Waals surface area contributed by atoms with Crippen LogP contribution in [0.3, 0.4) is 0 Å². The fraction of sp³-hybridized carbons (Fsp3) is 0.190. The number of carbonyl (C=O) groups is 1. The molecule has 0 unspecified atom stereocenters. The maximum atomic E-state index is 13.2. The Bertz CT molecular complexity index is 1140. The van der Waals surface area contributed by atoms with Crippen LogP contribution in [-0.2, 0) is 13.1 Å². The highest BCUT2D eigenvalue weighted by molar-refractivity contribution is 7.09. The van der Waals surface area contributed by atoms with Gasteiger partial charge < -0.3 is 4.90 Å². The Morgan fingerprint density at radius 2 is 2.11 bits per heavy atom. The molecule has 142 valence electrons. The number of nitrogens with zero attached hydrogens (tertiary/aromatic N) is 4. The summed E-state index contributed by atoms with van der Waals surface area (Å²) >= 11 is 7.74. The second kappa shape index (κ2) is 7.73. The van der Waals surface area contributed by atoms with E-state index in [1.807, 2.05) is 53.4 Å². The predicted molar refractivity (Wildman–Crippen MR) is 113 cm³/mol. The molecule has 0 aliphatic rings. The highest BCUT2D eigenvalue weighted by Crippen LogP contribution is 2.22. The minimum atomic E-state index is -0.0638. The lowest BCUT2D eigenvalue weighted by Crippen LogP contribution is -2.26. The van der Waals surface area contributed by atoms with E-state index in [0.717, 1.165) is 22.3 Å². The number of benzene rings is 1. The second-order valence-corrected chi connectivity index (χ2v) is 8.19. The largest absolute Gasteiger partial charge is 0.337 e. The summed E-state index contributed by atoms with van der Waals surface area (Å²) < 4.78 is 1.85. The lowest BCUT2D eigenvalue weighted by Gasteiger charge is -2.18. The Balaban J connectivity index is 1.65. The molecule has 0 aliphatic heterocycles. The molecular weight excluding hydrogens is 392 g/mol. The van der Waals surface area contributed by atoms with Gasteiger partial charge in [-0.3, -0.25) is 4.79 Å². The Hall–Kier alpha value is -2.70. The van der Waals surface area contributed by atoms with Crippen molar-refractivity contribution in [3.63, 3.8) is 0 Å². The van der Waals surface area contributed by atoms with Gasteiger partial charge in [-0.15, -0.1) is 11.3 Å². The van der Waals surface area contributed by atoms with Crippen LogP contribution in [0.1, 0.15) is 26.5 Å². The number of rotatable bonds is 5.